The zero-order chi connectivity index (χ0) is 13.5. The van der Waals surface area contributed by atoms with Crippen molar-refractivity contribution >= 4 is 11.6 Å². The van der Waals surface area contributed by atoms with Crippen LogP contribution in [0.25, 0.3) is 5.69 Å². The largest absolute Gasteiger partial charge is 0.310 e. The average molecular weight is 288 g/mol. The van der Waals surface area contributed by atoms with Crippen LogP contribution in [0.15, 0.2) is 30.5 Å². The molecule has 0 atom stereocenters. The molecule has 0 radical (unpaired) electrons. The molecule has 20 heavy (non-hydrogen) atoms. The van der Waals surface area contributed by atoms with Crippen molar-refractivity contribution in [1.29, 1.82) is 0 Å². The maximum atomic E-state index is 6.38. The summed E-state index contributed by atoms with van der Waals surface area (Å²) in [7, 11) is 0. The molecule has 0 spiro atoms. The molecule has 0 amide bonds. The summed E-state index contributed by atoms with van der Waals surface area (Å²) in [6.07, 6.45) is 7.19. The summed E-state index contributed by atoms with van der Waals surface area (Å²) in [5.41, 5.74) is 3.45. The Labute approximate surface area is 123 Å². The second kappa shape index (κ2) is 4.90. The summed E-state index contributed by atoms with van der Waals surface area (Å²) in [5, 5.41) is 9.08. The van der Waals surface area contributed by atoms with Gasteiger partial charge in [0, 0.05) is 35.3 Å². The van der Waals surface area contributed by atoms with Crippen LogP contribution < -0.4 is 5.32 Å². The number of halogens is 1. The van der Waals surface area contributed by atoms with E-state index in [9.17, 15) is 0 Å². The summed E-state index contributed by atoms with van der Waals surface area (Å²) >= 11 is 6.38. The van der Waals surface area contributed by atoms with Crippen molar-refractivity contribution in [1.82, 2.24) is 15.1 Å². The van der Waals surface area contributed by atoms with E-state index in [1.807, 2.05) is 16.8 Å². The third-order valence-electron chi connectivity index (χ3n) is 4.09. The fraction of sp³-hybridized carbons (Fsp3) is 0.438. The second-order valence-corrected chi connectivity index (χ2v) is 6.26. The van der Waals surface area contributed by atoms with Crippen molar-refractivity contribution in [3.63, 3.8) is 0 Å². The van der Waals surface area contributed by atoms with Gasteiger partial charge in [-0.05, 0) is 43.9 Å². The molecule has 1 heterocycles. The normalized spacial score (nSPS) is 18.4. The first-order valence-corrected chi connectivity index (χ1v) is 7.76. The van der Waals surface area contributed by atoms with Crippen molar-refractivity contribution in [3.8, 4) is 5.69 Å². The molecular weight excluding hydrogens is 270 g/mol. The quantitative estimate of drug-likeness (QED) is 0.909. The SMILES string of the molecule is Clc1cccc(-n2ccc(C3CC3)n2)c1CNC1CC1. The summed E-state index contributed by atoms with van der Waals surface area (Å²) in [4.78, 5) is 0. The molecule has 0 aliphatic heterocycles. The molecule has 1 aromatic heterocycles. The number of hydrogen-bond donors (Lipinski definition) is 1. The molecule has 2 aliphatic carbocycles. The molecule has 0 unspecified atom stereocenters. The zero-order valence-electron chi connectivity index (χ0n) is 11.3. The van der Waals surface area contributed by atoms with Crippen molar-refractivity contribution in [2.45, 2.75) is 44.2 Å². The molecule has 4 rings (SSSR count). The van der Waals surface area contributed by atoms with E-state index in [1.54, 1.807) is 0 Å². The third kappa shape index (κ3) is 2.48. The van der Waals surface area contributed by atoms with Gasteiger partial charge in [-0.3, -0.25) is 0 Å². The van der Waals surface area contributed by atoms with Crippen LogP contribution in [-0.2, 0) is 6.54 Å². The highest BCUT2D eigenvalue weighted by Crippen LogP contribution is 2.39. The fourth-order valence-electron chi connectivity index (χ4n) is 2.54. The standard InChI is InChI=1S/C16H18ClN3/c17-14-2-1-3-16(13(14)10-18-12-6-7-12)20-9-8-15(19-20)11-4-5-11/h1-3,8-9,11-12,18H,4-7,10H2. The Morgan fingerprint density at radius 1 is 1.20 bits per heavy atom. The molecule has 1 aromatic carbocycles. The van der Waals surface area contributed by atoms with Crippen LogP contribution >= 0.6 is 11.6 Å². The van der Waals surface area contributed by atoms with Gasteiger partial charge in [0.2, 0.25) is 0 Å². The third-order valence-corrected chi connectivity index (χ3v) is 4.45. The molecule has 1 N–H and O–H groups in total. The number of benzene rings is 1. The number of aromatic nitrogens is 2. The summed E-state index contributed by atoms with van der Waals surface area (Å²) in [6, 6.07) is 8.87. The lowest BCUT2D eigenvalue weighted by atomic mass is 10.1. The zero-order valence-corrected chi connectivity index (χ0v) is 12.1. The van der Waals surface area contributed by atoms with Crippen LogP contribution in [0.3, 0.4) is 0 Å². The number of hydrogen-bond acceptors (Lipinski definition) is 2. The Bertz CT molecular complexity index is 626. The predicted octanol–water partition coefficient (Wildman–Crippen LogP) is 3.66. The smallest absolute Gasteiger partial charge is 0.0705 e. The average Bonchev–Trinajstić information content (AvgIpc) is 3.37. The van der Waals surface area contributed by atoms with Gasteiger partial charge in [0.1, 0.15) is 0 Å². The van der Waals surface area contributed by atoms with Crippen LogP contribution in [0.2, 0.25) is 5.02 Å². The van der Waals surface area contributed by atoms with Crippen LogP contribution in [0.1, 0.15) is 42.9 Å². The van der Waals surface area contributed by atoms with Crippen LogP contribution in [0, 0.1) is 0 Å². The molecule has 2 fully saturated rings. The van der Waals surface area contributed by atoms with E-state index >= 15 is 0 Å². The minimum atomic E-state index is 0.679. The van der Waals surface area contributed by atoms with Gasteiger partial charge in [-0.2, -0.15) is 5.10 Å². The minimum absolute atomic E-state index is 0.679. The number of nitrogens with zero attached hydrogens (tertiary/aromatic N) is 2. The van der Waals surface area contributed by atoms with Gasteiger partial charge in [-0.15, -0.1) is 0 Å². The number of rotatable bonds is 5. The monoisotopic (exact) mass is 287 g/mol. The Balaban J connectivity index is 1.65. The highest BCUT2D eigenvalue weighted by atomic mass is 35.5. The Morgan fingerprint density at radius 2 is 2.05 bits per heavy atom. The van der Waals surface area contributed by atoms with E-state index in [4.69, 9.17) is 16.7 Å². The molecule has 2 saturated carbocycles. The van der Waals surface area contributed by atoms with Crippen LogP contribution in [0.5, 0.6) is 0 Å². The summed E-state index contributed by atoms with van der Waals surface area (Å²) in [5.74, 6) is 0.684. The lowest BCUT2D eigenvalue weighted by Gasteiger charge is -2.12. The fourth-order valence-corrected chi connectivity index (χ4v) is 2.78. The van der Waals surface area contributed by atoms with E-state index in [1.165, 1.54) is 31.4 Å². The predicted molar refractivity (Wildman–Crippen MR) is 80.4 cm³/mol. The first-order chi connectivity index (χ1) is 9.81. The minimum Gasteiger partial charge on any atom is -0.310 e. The van der Waals surface area contributed by atoms with Crippen molar-refractivity contribution in [3.05, 3.63) is 46.7 Å². The molecule has 4 heteroatoms. The van der Waals surface area contributed by atoms with Crippen LogP contribution in [0.4, 0.5) is 0 Å². The maximum Gasteiger partial charge on any atom is 0.0705 e. The van der Waals surface area contributed by atoms with Crippen molar-refractivity contribution in [2.24, 2.45) is 0 Å². The van der Waals surface area contributed by atoms with Gasteiger partial charge >= 0.3 is 0 Å². The van der Waals surface area contributed by atoms with Gasteiger partial charge in [-0.25, -0.2) is 4.68 Å². The van der Waals surface area contributed by atoms with E-state index < -0.39 is 0 Å². The number of nitrogens with one attached hydrogen (secondary N) is 1. The topological polar surface area (TPSA) is 29.9 Å². The second-order valence-electron chi connectivity index (χ2n) is 5.85. The molecule has 2 aromatic rings. The van der Waals surface area contributed by atoms with E-state index in [0.717, 1.165) is 22.8 Å². The highest BCUT2D eigenvalue weighted by molar-refractivity contribution is 6.31. The first-order valence-electron chi connectivity index (χ1n) is 7.38. The van der Waals surface area contributed by atoms with E-state index in [0.29, 0.717) is 12.0 Å². The van der Waals surface area contributed by atoms with Crippen molar-refractivity contribution in [2.75, 3.05) is 0 Å². The van der Waals surface area contributed by atoms with Gasteiger partial charge in [0.25, 0.3) is 0 Å². The molecule has 0 saturated heterocycles. The lowest BCUT2D eigenvalue weighted by Crippen LogP contribution is -2.17. The molecular formula is C16H18ClN3. The Morgan fingerprint density at radius 3 is 2.80 bits per heavy atom. The Hall–Kier alpha value is -1.32. The van der Waals surface area contributed by atoms with E-state index in [2.05, 4.69) is 23.6 Å². The molecule has 0 bridgehead atoms. The maximum absolute atomic E-state index is 6.38. The molecule has 2 aliphatic rings. The van der Waals surface area contributed by atoms with Gasteiger partial charge in [0.15, 0.2) is 0 Å². The molecule has 104 valence electrons. The summed E-state index contributed by atoms with van der Waals surface area (Å²) in [6.45, 7) is 0.818. The van der Waals surface area contributed by atoms with Gasteiger partial charge in [-0.1, -0.05) is 17.7 Å². The van der Waals surface area contributed by atoms with E-state index in [-0.39, 0.29) is 0 Å². The summed E-state index contributed by atoms with van der Waals surface area (Å²) < 4.78 is 1.98. The van der Waals surface area contributed by atoms with Gasteiger partial charge < -0.3 is 5.32 Å². The van der Waals surface area contributed by atoms with Crippen molar-refractivity contribution < 1.29 is 0 Å². The van der Waals surface area contributed by atoms with Gasteiger partial charge in [0.05, 0.1) is 11.4 Å². The molecule has 3 nitrogen and oxygen atoms in total. The highest BCUT2D eigenvalue weighted by Gasteiger charge is 2.26. The first kappa shape index (κ1) is 12.4. The lowest BCUT2D eigenvalue weighted by molar-refractivity contribution is 0.680. The Kier molecular flexibility index (Phi) is 3.04. The van der Waals surface area contributed by atoms with Crippen LogP contribution in [-0.4, -0.2) is 15.8 Å².